The standard InChI is InChI=1S/C8H11NO/c1-2-10-8-5-3-4-7(9)6-8/h3-6H,2,9H2,1H3/i1D3,2D2,3D,4D,5D,6D. The minimum Gasteiger partial charge on any atom is -0.494 e. The van der Waals surface area contributed by atoms with E-state index in [4.69, 9.17) is 18.1 Å². The molecule has 1 aromatic rings. The van der Waals surface area contributed by atoms with E-state index < -0.39 is 49.0 Å². The van der Waals surface area contributed by atoms with E-state index in [2.05, 4.69) is 4.74 Å². The summed E-state index contributed by atoms with van der Waals surface area (Å²) in [5, 5.41) is 0. The van der Waals surface area contributed by atoms with Crippen molar-refractivity contribution in [2.45, 2.75) is 6.85 Å². The Bertz CT molecular complexity index is 481. The number of rotatable bonds is 2. The van der Waals surface area contributed by atoms with Crippen molar-refractivity contribution < 1.29 is 17.1 Å². The summed E-state index contributed by atoms with van der Waals surface area (Å²) < 4.78 is 69.8. The van der Waals surface area contributed by atoms with Gasteiger partial charge in [-0.2, -0.15) is 0 Å². The van der Waals surface area contributed by atoms with Gasteiger partial charge in [-0.25, -0.2) is 0 Å². The van der Waals surface area contributed by atoms with Crippen LogP contribution in [0.3, 0.4) is 0 Å². The number of anilines is 1. The van der Waals surface area contributed by atoms with Crippen LogP contribution in [0.4, 0.5) is 5.69 Å². The number of nitrogen functional groups attached to an aromatic ring is 1. The van der Waals surface area contributed by atoms with Crippen molar-refractivity contribution in [3.63, 3.8) is 0 Å². The maximum atomic E-state index is 7.53. The molecule has 2 heteroatoms. The third-order valence-corrected chi connectivity index (χ3v) is 0.774. The molecule has 10 heavy (non-hydrogen) atoms. The van der Waals surface area contributed by atoms with E-state index in [1.165, 1.54) is 0 Å². The number of nitrogens with two attached hydrogens (primary N) is 1. The van der Waals surface area contributed by atoms with E-state index in [0.717, 1.165) is 0 Å². The van der Waals surface area contributed by atoms with Crippen molar-refractivity contribution in [2.75, 3.05) is 12.3 Å². The molecule has 2 N–H and O–H groups in total. The average Bonchev–Trinajstić information content (AvgIpc) is 2.28. The van der Waals surface area contributed by atoms with E-state index in [1.54, 1.807) is 0 Å². The van der Waals surface area contributed by atoms with E-state index >= 15 is 0 Å². The summed E-state index contributed by atoms with van der Waals surface area (Å²) in [6, 6.07) is -2.65. The van der Waals surface area contributed by atoms with Crippen molar-refractivity contribution in [1.82, 2.24) is 0 Å². The first-order chi connectivity index (χ1) is 8.40. The first-order valence-corrected chi connectivity index (χ1v) is 2.45. The Hall–Kier alpha value is -1.18. The van der Waals surface area contributed by atoms with E-state index in [9.17, 15) is 0 Å². The molecule has 0 amide bonds. The van der Waals surface area contributed by atoms with Crippen LogP contribution >= 0.6 is 0 Å². The molecular weight excluding hydrogens is 126 g/mol. The molecule has 0 saturated heterocycles. The topological polar surface area (TPSA) is 35.2 Å². The smallest absolute Gasteiger partial charge is 0.121 e. The van der Waals surface area contributed by atoms with Crippen molar-refractivity contribution in [2.24, 2.45) is 0 Å². The van der Waals surface area contributed by atoms with Gasteiger partial charge in [0.1, 0.15) is 5.75 Å². The predicted octanol–water partition coefficient (Wildman–Crippen LogP) is 1.67. The predicted molar refractivity (Wildman–Crippen MR) is 42.0 cm³/mol. The average molecular weight is 146 g/mol. The normalized spacial score (nSPS) is 25.0. The highest BCUT2D eigenvalue weighted by Crippen LogP contribution is 2.13. The highest BCUT2D eigenvalue weighted by Gasteiger charge is 1.89. The SMILES string of the molecule is [2H]c1c([2H])c(N)c([2H])c(OC([2H])([2H])C([2H])([2H])[2H])c1[2H]. The second-order valence-electron chi connectivity index (χ2n) is 1.45. The van der Waals surface area contributed by atoms with Gasteiger partial charge in [0.2, 0.25) is 0 Å². The van der Waals surface area contributed by atoms with Gasteiger partial charge in [-0.05, 0) is 18.9 Å². The second-order valence-corrected chi connectivity index (χ2v) is 1.45. The van der Waals surface area contributed by atoms with Crippen LogP contribution < -0.4 is 10.5 Å². The van der Waals surface area contributed by atoms with E-state index in [1.807, 2.05) is 0 Å². The molecule has 2 nitrogen and oxygen atoms in total. The van der Waals surface area contributed by atoms with Gasteiger partial charge in [0.05, 0.1) is 14.8 Å². The molecule has 0 aliphatic rings. The van der Waals surface area contributed by atoms with Crippen LogP contribution in [-0.2, 0) is 0 Å². The third kappa shape index (κ3) is 1.65. The number of benzene rings is 1. The molecule has 0 atom stereocenters. The van der Waals surface area contributed by atoms with Gasteiger partial charge in [-0.1, -0.05) is 6.04 Å². The highest BCUT2D eigenvalue weighted by atomic mass is 16.5. The monoisotopic (exact) mass is 146 g/mol. The minimum absolute atomic E-state index is 0.475. The van der Waals surface area contributed by atoms with E-state index in [-0.39, 0.29) is 0 Å². The molecular formula is C8H11NO. The fourth-order valence-corrected chi connectivity index (χ4v) is 0.442. The Kier molecular flexibility index (Phi) is 0.528. The van der Waals surface area contributed by atoms with Gasteiger partial charge in [0, 0.05) is 15.8 Å². The van der Waals surface area contributed by atoms with Crippen LogP contribution in [0, 0.1) is 0 Å². The number of hydrogen-bond acceptors (Lipinski definition) is 2. The Morgan fingerprint density at radius 2 is 2.80 bits per heavy atom. The van der Waals surface area contributed by atoms with Crippen LogP contribution in [0.2, 0.25) is 0 Å². The largest absolute Gasteiger partial charge is 0.494 e. The quantitative estimate of drug-likeness (QED) is 0.644. The lowest BCUT2D eigenvalue weighted by Crippen LogP contribution is -1.92. The van der Waals surface area contributed by atoms with Crippen LogP contribution in [0.1, 0.15) is 19.2 Å². The first-order valence-electron chi connectivity index (χ1n) is 6.95. The first kappa shape index (κ1) is 1.70. The zero-order valence-corrected chi connectivity index (χ0v) is 4.99. The van der Waals surface area contributed by atoms with Gasteiger partial charge in [0.15, 0.2) is 0 Å². The molecule has 0 fully saturated rings. The highest BCUT2D eigenvalue weighted by molar-refractivity contribution is 5.43. The van der Waals surface area contributed by atoms with Crippen molar-refractivity contribution >= 4 is 5.69 Å². The summed E-state index contributed by atoms with van der Waals surface area (Å²) in [6.07, 6.45) is 0. The maximum absolute atomic E-state index is 7.53. The molecule has 0 saturated carbocycles. The fourth-order valence-electron chi connectivity index (χ4n) is 0.442. The number of hydrogen-bond donors (Lipinski definition) is 1. The van der Waals surface area contributed by atoms with Crippen molar-refractivity contribution in [3.05, 3.63) is 24.2 Å². The molecule has 0 bridgehead atoms. The summed E-state index contributed by atoms with van der Waals surface area (Å²) in [5.41, 5.74) is 4.88. The molecule has 0 unspecified atom stereocenters. The Labute approximate surface area is 73.3 Å². The zero-order valence-electron chi connectivity index (χ0n) is 14.0. The number of ether oxygens (including phenoxy) is 1. The zero-order chi connectivity index (χ0) is 15.2. The van der Waals surface area contributed by atoms with Crippen LogP contribution in [0.25, 0.3) is 0 Å². The Balaban J connectivity index is 3.39. The molecule has 1 aromatic carbocycles. The van der Waals surface area contributed by atoms with Gasteiger partial charge in [0.25, 0.3) is 0 Å². The van der Waals surface area contributed by atoms with Crippen molar-refractivity contribution in [1.29, 1.82) is 0 Å². The third-order valence-electron chi connectivity index (χ3n) is 0.774. The lowest BCUT2D eigenvalue weighted by atomic mass is 10.3. The maximum Gasteiger partial charge on any atom is 0.121 e. The van der Waals surface area contributed by atoms with Gasteiger partial charge >= 0.3 is 0 Å². The molecule has 0 radical (unpaired) electrons. The van der Waals surface area contributed by atoms with Crippen LogP contribution in [0.5, 0.6) is 5.75 Å². The lowest BCUT2D eigenvalue weighted by molar-refractivity contribution is 0.340. The summed E-state index contributed by atoms with van der Waals surface area (Å²) in [7, 11) is 0. The van der Waals surface area contributed by atoms with Crippen LogP contribution in [-0.4, -0.2) is 6.56 Å². The Morgan fingerprint density at radius 3 is 3.60 bits per heavy atom. The summed E-state index contributed by atoms with van der Waals surface area (Å²) >= 11 is 0. The van der Waals surface area contributed by atoms with Gasteiger partial charge in [-0.3, -0.25) is 0 Å². The summed E-state index contributed by atoms with van der Waals surface area (Å²) in [6.45, 7) is -6.27. The fraction of sp³-hybridized carbons (Fsp3) is 0.250. The Morgan fingerprint density at radius 1 is 1.90 bits per heavy atom. The molecule has 0 aromatic heterocycles. The van der Waals surface area contributed by atoms with Gasteiger partial charge < -0.3 is 10.5 Å². The van der Waals surface area contributed by atoms with Crippen molar-refractivity contribution in [3.8, 4) is 5.75 Å². The second kappa shape index (κ2) is 3.11. The summed E-state index contributed by atoms with van der Waals surface area (Å²) in [5.74, 6) is -0.764. The molecule has 0 aliphatic carbocycles. The minimum atomic E-state index is -3.14. The van der Waals surface area contributed by atoms with Crippen LogP contribution in [0.15, 0.2) is 24.2 Å². The van der Waals surface area contributed by atoms with Gasteiger partial charge in [-0.15, -0.1) is 0 Å². The molecule has 0 spiro atoms. The summed E-state index contributed by atoms with van der Waals surface area (Å²) in [4.78, 5) is 0. The molecule has 54 valence electrons. The molecule has 0 heterocycles. The van der Waals surface area contributed by atoms with E-state index in [0.29, 0.717) is 0 Å². The molecule has 0 aliphatic heterocycles. The lowest BCUT2D eigenvalue weighted by Gasteiger charge is -2.01. The molecule has 1 rings (SSSR count).